The van der Waals surface area contributed by atoms with Crippen LogP contribution in [0.5, 0.6) is 0 Å². The lowest BCUT2D eigenvalue weighted by atomic mass is 10.3. The van der Waals surface area contributed by atoms with Crippen LogP contribution in [0.25, 0.3) is 0 Å². The average Bonchev–Trinajstić information content (AvgIpc) is 2.31. The Balaban J connectivity index is 3.45. The van der Waals surface area contributed by atoms with Crippen LogP contribution in [0.4, 0.5) is 0 Å². The number of allylic oxidation sites excluding steroid dienone is 1. The molecule has 3 nitrogen and oxygen atoms in total. The lowest BCUT2D eigenvalue weighted by molar-refractivity contribution is 0.733. The van der Waals surface area contributed by atoms with E-state index in [4.69, 9.17) is 0 Å². The Bertz CT molecular complexity index is 202. The zero-order valence-corrected chi connectivity index (χ0v) is 11.6. The van der Waals surface area contributed by atoms with E-state index in [0.717, 1.165) is 25.5 Å². The Kier molecular flexibility index (Phi) is 11.9. The minimum atomic E-state index is 0.911. The number of nitrogens with zero attached hydrogens (tertiary/aromatic N) is 1. The van der Waals surface area contributed by atoms with Crippen LogP contribution in [0.3, 0.4) is 0 Å². The van der Waals surface area contributed by atoms with Crippen LogP contribution in [-0.4, -0.2) is 38.1 Å². The smallest absolute Gasteiger partial charge is 0.190 e. The fourth-order valence-electron chi connectivity index (χ4n) is 1.24. The van der Waals surface area contributed by atoms with E-state index in [9.17, 15) is 0 Å². The highest BCUT2D eigenvalue weighted by molar-refractivity contribution is 7.98. The van der Waals surface area contributed by atoms with Gasteiger partial charge in [-0.2, -0.15) is 11.8 Å². The van der Waals surface area contributed by atoms with E-state index < -0.39 is 0 Å². The molecule has 94 valence electrons. The summed E-state index contributed by atoms with van der Waals surface area (Å²) < 4.78 is 0. The van der Waals surface area contributed by atoms with Gasteiger partial charge in [0.2, 0.25) is 0 Å². The molecule has 0 aliphatic rings. The summed E-state index contributed by atoms with van der Waals surface area (Å²) in [6.07, 6.45) is 9.89. The minimum absolute atomic E-state index is 0.911. The number of rotatable bonds is 8. The molecule has 0 saturated heterocycles. The molecular weight excluding hydrogens is 218 g/mol. The highest BCUT2D eigenvalue weighted by Crippen LogP contribution is 1.97. The van der Waals surface area contributed by atoms with Crippen molar-refractivity contribution < 1.29 is 0 Å². The van der Waals surface area contributed by atoms with E-state index in [1.54, 1.807) is 0 Å². The first kappa shape index (κ1) is 15.4. The first-order chi connectivity index (χ1) is 7.85. The number of hydrogen-bond acceptors (Lipinski definition) is 2. The van der Waals surface area contributed by atoms with Gasteiger partial charge in [0.05, 0.1) is 0 Å². The van der Waals surface area contributed by atoms with Crippen molar-refractivity contribution in [1.82, 2.24) is 10.6 Å². The first-order valence-electron chi connectivity index (χ1n) is 5.89. The number of nitrogens with one attached hydrogen (secondary N) is 2. The van der Waals surface area contributed by atoms with E-state index in [1.165, 1.54) is 18.6 Å². The van der Waals surface area contributed by atoms with E-state index in [1.807, 2.05) is 25.7 Å². The van der Waals surface area contributed by atoms with Crippen LogP contribution in [0.1, 0.15) is 26.2 Å². The molecule has 0 atom stereocenters. The molecule has 4 heteroatoms. The molecule has 0 rings (SSSR count). The predicted octanol–water partition coefficient (Wildman–Crippen LogP) is 2.26. The topological polar surface area (TPSA) is 36.4 Å². The highest BCUT2D eigenvalue weighted by atomic mass is 32.2. The van der Waals surface area contributed by atoms with Crippen LogP contribution in [-0.2, 0) is 0 Å². The van der Waals surface area contributed by atoms with Crippen molar-refractivity contribution in [2.75, 3.05) is 32.1 Å². The molecule has 0 unspecified atom stereocenters. The fraction of sp³-hybridized carbons (Fsp3) is 0.750. The second kappa shape index (κ2) is 12.4. The molecule has 0 amide bonds. The quantitative estimate of drug-likeness (QED) is 0.297. The van der Waals surface area contributed by atoms with Crippen molar-refractivity contribution in [1.29, 1.82) is 0 Å². The van der Waals surface area contributed by atoms with Gasteiger partial charge in [0, 0.05) is 20.1 Å². The van der Waals surface area contributed by atoms with Crippen molar-refractivity contribution in [2.45, 2.75) is 26.2 Å². The molecule has 0 aromatic carbocycles. The summed E-state index contributed by atoms with van der Waals surface area (Å²) in [6, 6.07) is 0. The minimum Gasteiger partial charge on any atom is -0.356 e. The van der Waals surface area contributed by atoms with Gasteiger partial charge in [-0.1, -0.05) is 12.2 Å². The zero-order chi connectivity index (χ0) is 12.1. The van der Waals surface area contributed by atoms with Gasteiger partial charge in [0.25, 0.3) is 0 Å². The molecule has 2 N–H and O–H groups in total. The number of thioether (sulfide) groups is 1. The summed E-state index contributed by atoms with van der Waals surface area (Å²) in [5.41, 5.74) is 0. The van der Waals surface area contributed by atoms with E-state index >= 15 is 0 Å². The predicted molar refractivity (Wildman–Crippen MR) is 76.4 cm³/mol. The van der Waals surface area contributed by atoms with Gasteiger partial charge in [-0.15, -0.1) is 0 Å². The number of guanidine groups is 1. The molecule has 0 fully saturated rings. The summed E-state index contributed by atoms with van der Waals surface area (Å²) in [5.74, 6) is 2.16. The maximum absolute atomic E-state index is 4.17. The van der Waals surface area contributed by atoms with Gasteiger partial charge in [-0.05, 0) is 38.2 Å². The fourth-order valence-corrected chi connectivity index (χ4v) is 1.73. The molecule has 16 heavy (non-hydrogen) atoms. The maximum Gasteiger partial charge on any atom is 0.190 e. The molecule has 0 aliphatic heterocycles. The lowest BCUT2D eigenvalue weighted by Crippen LogP contribution is -2.38. The maximum atomic E-state index is 4.17. The molecule has 0 aliphatic carbocycles. The van der Waals surface area contributed by atoms with Gasteiger partial charge in [-0.3, -0.25) is 4.99 Å². The van der Waals surface area contributed by atoms with Crippen molar-refractivity contribution >= 4 is 17.7 Å². The van der Waals surface area contributed by atoms with Crippen LogP contribution in [0.15, 0.2) is 17.1 Å². The monoisotopic (exact) mass is 243 g/mol. The first-order valence-corrected chi connectivity index (χ1v) is 7.29. The molecule has 0 radical (unpaired) electrons. The molecule has 0 heterocycles. The number of aliphatic imine (C=N–C) groups is 1. The normalized spacial score (nSPS) is 12.1. The van der Waals surface area contributed by atoms with Gasteiger partial charge in [-0.25, -0.2) is 0 Å². The van der Waals surface area contributed by atoms with Gasteiger partial charge in [0.1, 0.15) is 0 Å². The Morgan fingerprint density at radius 3 is 2.62 bits per heavy atom. The third kappa shape index (κ3) is 9.90. The third-order valence-electron chi connectivity index (χ3n) is 2.13. The molecular formula is C12H25N3S. The van der Waals surface area contributed by atoms with Crippen molar-refractivity contribution in [2.24, 2.45) is 4.99 Å². The Morgan fingerprint density at radius 1 is 1.25 bits per heavy atom. The molecule has 0 saturated carbocycles. The van der Waals surface area contributed by atoms with Gasteiger partial charge >= 0.3 is 0 Å². The van der Waals surface area contributed by atoms with E-state index in [-0.39, 0.29) is 0 Å². The second-order valence-electron chi connectivity index (χ2n) is 3.48. The van der Waals surface area contributed by atoms with Gasteiger partial charge < -0.3 is 10.6 Å². The molecule has 0 bridgehead atoms. The Morgan fingerprint density at radius 2 is 2.00 bits per heavy atom. The lowest BCUT2D eigenvalue weighted by Gasteiger charge is -2.10. The largest absolute Gasteiger partial charge is 0.356 e. The summed E-state index contributed by atoms with van der Waals surface area (Å²) in [4.78, 5) is 4.17. The van der Waals surface area contributed by atoms with Crippen LogP contribution in [0.2, 0.25) is 0 Å². The number of hydrogen-bond donors (Lipinski definition) is 2. The standard InChI is InChI=1S/C12H25N3S/c1-4-5-6-9-14-12(13-2)15-10-7-8-11-16-3/h4-5H,6-11H2,1-3H3,(H2,13,14,15)/b5-4+. The van der Waals surface area contributed by atoms with Gasteiger partial charge in [0.15, 0.2) is 5.96 Å². The van der Waals surface area contributed by atoms with E-state index in [2.05, 4.69) is 34.0 Å². The SMILES string of the molecule is C/C=C/CCNC(=NC)NCCCCSC. The zero-order valence-electron chi connectivity index (χ0n) is 10.8. The van der Waals surface area contributed by atoms with Crippen LogP contribution < -0.4 is 10.6 Å². The number of unbranched alkanes of at least 4 members (excludes halogenated alkanes) is 1. The van der Waals surface area contributed by atoms with Crippen molar-refractivity contribution in [3.05, 3.63) is 12.2 Å². The molecule has 0 aromatic heterocycles. The third-order valence-corrected chi connectivity index (χ3v) is 2.83. The van der Waals surface area contributed by atoms with E-state index in [0.29, 0.717) is 0 Å². The summed E-state index contributed by atoms with van der Waals surface area (Å²) in [7, 11) is 1.81. The Hall–Kier alpha value is -0.640. The van der Waals surface area contributed by atoms with Crippen molar-refractivity contribution in [3.8, 4) is 0 Å². The molecule has 0 spiro atoms. The molecule has 0 aromatic rings. The highest BCUT2D eigenvalue weighted by Gasteiger charge is 1.94. The second-order valence-corrected chi connectivity index (χ2v) is 4.47. The Labute approximate surface area is 104 Å². The summed E-state index contributed by atoms with van der Waals surface area (Å²) in [6.45, 7) is 3.98. The summed E-state index contributed by atoms with van der Waals surface area (Å²) in [5, 5.41) is 6.59. The average molecular weight is 243 g/mol. The summed E-state index contributed by atoms with van der Waals surface area (Å²) >= 11 is 1.90. The van der Waals surface area contributed by atoms with Crippen molar-refractivity contribution in [3.63, 3.8) is 0 Å². The van der Waals surface area contributed by atoms with Crippen LogP contribution >= 0.6 is 11.8 Å². The van der Waals surface area contributed by atoms with Crippen LogP contribution in [0, 0.1) is 0 Å².